The molecule has 16 heteroatoms. The standard InChI is InChI=1S/C40H74N2O14/c1-14-29-40(10,47)34(43)24(4)32(42-51-21-50-16-15-48-12)22(2)19-38(8,46)36(56-30-18-28(41-11)17-23(3)52-30)25(5)33(26(6)37(45)54-29)55-31-20-39(9,49-13)35(44)27(7)53-31/h22-31,33-36,41,43-44,46-47H,14-21H2,1-13H3/b42-32+/t22-,23?,24+,25+,26-,27?,28?,29-,30?,31?,33+,34-,35?,36-,38+,39?,40-/m1/s1. The van der Waals surface area contributed by atoms with Crippen molar-refractivity contribution in [1.82, 2.24) is 5.32 Å². The molecule has 0 aromatic carbocycles. The molecule has 56 heavy (non-hydrogen) atoms. The minimum Gasteiger partial charge on any atom is -0.459 e. The number of ether oxygens (including phenoxy) is 8. The number of nitrogens with one attached hydrogen (secondary N) is 1. The van der Waals surface area contributed by atoms with E-state index >= 15 is 0 Å². The van der Waals surface area contributed by atoms with Gasteiger partial charge in [0.1, 0.15) is 17.8 Å². The van der Waals surface area contributed by atoms with Gasteiger partial charge in [-0.2, -0.15) is 0 Å². The van der Waals surface area contributed by atoms with Crippen molar-refractivity contribution in [2.45, 2.75) is 179 Å². The van der Waals surface area contributed by atoms with E-state index < -0.39 is 95.6 Å². The van der Waals surface area contributed by atoms with E-state index in [4.69, 9.17) is 42.7 Å². The van der Waals surface area contributed by atoms with Crippen molar-refractivity contribution < 1.29 is 68.0 Å². The summed E-state index contributed by atoms with van der Waals surface area (Å²) < 4.78 is 48.3. The van der Waals surface area contributed by atoms with Gasteiger partial charge in [0.2, 0.25) is 6.79 Å². The fourth-order valence-electron chi connectivity index (χ4n) is 8.72. The predicted molar refractivity (Wildman–Crippen MR) is 206 cm³/mol. The van der Waals surface area contributed by atoms with Gasteiger partial charge in [-0.15, -0.1) is 0 Å². The maximum absolute atomic E-state index is 14.3. The van der Waals surface area contributed by atoms with Crippen molar-refractivity contribution in [1.29, 1.82) is 0 Å². The smallest absolute Gasteiger partial charge is 0.311 e. The lowest BCUT2D eigenvalue weighted by atomic mass is 9.73. The van der Waals surface area contributed by atoms with E-state index in [0.717, 1.165) is 6.42 Å². The predicted octanol–water partition coefficient (Wildman–Crippen LogP) is 2.90. The summed E-state index contributed by atoms with van der Waals surface area (Å²) in [6.45, 7) is 17.8. The molecule has 3 fully saturated rings. The molecule has 5 N–H and O–H groups in total. The summed E-state index contributed by atoms with van der Waals surface area (Å²) in [5, 5.41) is 55.1. The number of nitrogens with zero attached hydrogens (tertiary/aromatic N) is 1. The van der Waals surface area contributed by atoms with Crippen molar-refractivity contribution in [3.63, 3.8) is 0 Å². The summed E-state index contributed by atoms with van der Waals surface area (Å²) in [4.78, 5) is 19.9. The largest absolute Gasteiger partial charge is 0.459 e. The molecule has 0 aromatic heterocycles. The molecule has 328 valence electrons. The van der Waals surface area contributed by atoms with Crippen LogP contribution in [-0.2, 0) is 47.5 Å². The highest BCUT2D eigenvalue weighted by molar-refractivity contribution is 5.88. The third-order valence-electron chi connectivity index (χ3n) is 12.2. The van der Waals surface area contributed by atoms with Gasteiger partial charge in [-0.25, -0.2) is 0 Å². The van der Waals surface area contributed by atoms with Gasteiger partial charge in [-0.1, -0.05) is 32.9 Å². The molecule has 16 nitrogen and oxygen atoms in total. The zero-order chi connectivity index (χ0) is 42.2. The maximum atomic E-state index is 14.3. The lowest BCUT2D eigenvalue weighted by Crippen LogP contribution is -2.60. The van der Waals surface area contributed by atoms with Gasteiger partial charge in [0, 0.05) is 50.9 Å². The van der Waals surface area contributed by atoms with E-state index in [1.165, 1.54) is 14.0 Å². The molecule has 7 unspecified atom stereocenters. The highest BCUT2D eigenvalue weighted by Gasteiger charge is 2.52. The minimum absolute atomic E-state index is 0.0549. The molecule has 0 bridgehead atoms. The molecule has 3 aliphatic heterocycles. The van der Waals surface area contributed by atoms with Gasteiger partial charge in [0.05, 0.1) is 66.6 Å². The van der Waals surface area contributed by atoms with Crippen LogP contribution in [0, 0.1) is 23.7 Å². The topological polar surface area (TPSA) is 205 Å². The van der Waals surface area contributed by atoms with Gasteiger partial charge in [0.15, 0.2) is 12.6 Å². The summed E-state index contributed by atoms with van der Waals surface area (Å²) in [6, 6.07) is 0.0979. The normalized spacial score (nSPS) is 45.6. The van der Waals surface area contributed by atoms with Crippen molar-refractivity contribution in [2.75, 3.05) is 41.3 Å². The quantitative estimate of drug-likeness (QED) is 0.0786. The zero-order valence-electron chi connectivity index (χ0n) is 36.1. The second kappa shape index (κ2) is 21.1. The van der Waals surface area contributed by atoms with E-state index in [9.17, 15) is 25.2 Å². The average molecular weight is 807 g/mol. The summed E-state index contributed by atoms with van der Waals surface area (Å²) in [5.74, 6) is -3.78. The van der Waals surface area contributed by atoms with Crippen molar-refractivity contribution in [3.05, 3.63) is 0 Å². The van der Waals surface area contributed by atoms with E-state index in [1.54, 1.807) is 48.7 Å². The Hall–Kier alpha value is -1.54. The Labute approximate surface area is 334 Å². The van der Waals surface area contributed by atoms with Crippen molar-refractivity contribution in [3.8, 4) is 0 Å². The minimum atomic E-state index is -1.93. The molecule has 3 rings (SSSR count). The van der Waals surface area contributed by atoms with Crippen LogP contribution < -0.4 is 5.32 Å². The first-order valence-electron chi connectivity index (χ1n) is 20.3. The Balaban J connectivity index is 2.18. The molecule has 0 radical (unpaired) electrons. The molecule has 0 amide bonds. The Bertz CT molecular complexity index is 1240. The van der Waals surface area contributed by atoms with Gasteiger partial charge in [-0.05, 0) is 67.9 Å². The molecule has 0 aromatic rings. The lowest BCUT2D eigenvalue weighted by Gasteiger charge is -2.48. The van der Waals surface area contributed by atoms with Crippen LogP contribution in [0.4, 0.5) is 0 Å². The van der Waals surface area contributed by atoms with E-state index in [2.05, 4.69) is 10.5 Å². The monoisotopic (exact) mass is 807 g/mol. The van der Waals surface area contributed by atoms with E-state index in [1.807, 2.05) is 27.8 Å². The second-order valence-electron chi connectivity index (χ2n) is 17.0. The number of esters is 1. The first kappa shape index (κ1) is 48.8. The number of carbonyl (C=O) groups is 1. The highest BCUT2D eigenvalue weighted by Crippen LogP contribution is 2.40. The number of aliphatic hydroxyl groups excluding tert-OH is 2. The summed E-state index contributed by atoms with van der Waals surface area (Å²) in [7, 11) is 4.95. The van der Waals surface area contributed by atoms with Crippen LogP contribution >= 0.6 is 0 Å². The number of methoxy groups -OCH3 is 2. The van der Waals surface area contributed by atoms with Gasteiger partial charge in [0.25, 0.3) is 0 Å². The van der Waals surface area contributed by atoms with Gasteiger partial charge in [-0.3, -0.25) is 4.79 Å². The van der Waals surface area contributed by atoms with E-state index in [-0.39, 0.29) is 44.8 Å². The molecule has 3 saturated heterocycles. The molecule has 0 spiro atoms. The number of hydrogen-bond acceptors (Lipinski definition) is 16. The van der Waals surface area contributed by atoms with E-state index in [0.29, 0.717) is 18.7 Å². The second-order valence-corrected chi connectivity index (χ2v) is 17.0. The fourth-order valence-corrected chi connectivity index (χ4v) is 8.72. The average Bonchev–Trinajstić information content (AvgIpc) is 3.14. The number of cyclic esters (lactones) is 1. The number of hydrogen-bond donors (Lipinski definition) is 5. The van der Waals surface area contributed by atoms with Crippen LogP contribution in [0.2, 0.25) is 0 Å². The Kier molecular flexibility index (Phi) is 18.4. The molecule has 0 saturated carbocycles. The number of carbonyl (C=O) groups excluding carboxylic acids is 1. The Morgan fingerprint density at radius 2 is 1.57 bits per heavy atom. The van der Waals surface area contributed by atoms with Gasteiger partial charge < -0.3 is 68.5 Å². The number of aliphatic hydroxyl groups is 4. The van der Waals surface area contributed by atoms with Gasteiger partial charge >= 0.3 is 5.97 Å². The Morgan fingerprint density at radius 1 is 0.893 bits per heavy atom. The van der Waals surface area contributed by atoms with Crippen molar-refractivity contribution >= 4 is 11.7 Å². The van der Waals surface area contributed by atoms with Crippen LogP contribution in [0.5, 0.6) is 0 Å². The summed E-state index contributed by atoms with van der Waals surface area (Å²) >= 11 is 0. The molecule has 0 aliphatic carbocycles. The van der Waals surface area contributed by atoms with Crippen LogP contribution in [0.1, 0.15) is 101 Å². The van der Waals surface area contributed by atoms with Crippen LogP contribution in [0.3, 0.4) is 0 Å². The summed E-state index contributed by atoms with van der Waals surface area (Å²) in [5.41, 5.74) is -4.25. The van der Waals surface area contributed by atoms with Crippen LogP contribution in [-0.4, -0.2) is 152 Å². The Morgan fingerprint density at radius 3 is 2.18 bits per heavy atom. The maximum Gasteiger partial charge on any atom is 0.311 e. The molecular formula is C40H74N2O14. The number of rotatable bonds is 13. The van der Waals surface area contributed by atoms with Crippen LogP contribution in [0.25, 0.3) is 0 Å². The van der Waals surface area contributed by atoms with Crippen LogP contribution in [0.15, 0.2) is 5.16 Å². The first-order chi connectivity index (χ1) is 26.2. The SMILES string of the molecule is CC[C@H]1OC(=O)[C@H](C)[C@@H](OC2CC(C)(OC)C(O)C(C)O2)[C@H](C)[C@@H](OC2CC(NC)CC(C)O2)[C@@](C)(O)C[C@@H](C)/C(=N\OCOCCOC)[C@H](C)[C@@H](O)[C@]1(C)O. The third-order valence-corrected chi connectivity index (χ3v) is 12.2. The molecule has 17 atom stereocenters. The van der Waals surface area contributed by atoms with Crippen molar-refractivity contribution in [2.24, 2.45) is 28.8 Å². The number of oxime groups is 1. The molecular weight excluding hydrogens is 732 g/mol. The fraction of sp³-hybridized carbons (Fsp3) is 0.950. The lowest BCUT2D eigenvalue weighted by molar-refractivity contribution is -0.308. The highest BCUT2D eigenvalue weighted by atomic mass is 16.7. The first-order valence-corrected chi connectivity index (χ1v) is 20.3. The summed E-state index contributed by atoms with van der Waals surface area (Å²) in [6.07, 6.45) is -6.37. The molecule has 3 aliphatic rings. The zero-order valence-corrected chi connectivity index (χ0v) is 36.1. The molecule has 3 heterocycles. The third kappa shape index (κ3) is 12.0.